The normalized spacial score (nSPS) is 48.3. The third kappa shape index (κ3) is 4.05. The SMILES string of the molecule is CC1CCC(C2(C)CCC(C(C)(C)C3CC(C)C(C)C(C)C3)CC2)CC1. The number of hydrogen-bond donors (Lipinski definition) is 0. The Balaban J connectivity index is 1.60. The highest BCUT2D eigenvalue weighted by molar-refractivity contribution is 4.96. The van der Waals surface area contributed by atoms with Gasteiger partial charge in [0.25, 0.3) is 0 Å². The number of hydrogen-bond acceptors (Lipinski definition) is 0. The van der Waals surface area contributed by atoms with Crippen LogP contribution in [0.1, 0.15) is 113 Å². The Morgan fingerprint density at radius 2 is 1.19 bits per heavy atom. The van der Waals surface area contributed by atoms with Gasteiger partial charge in [0.05, 0.1) is 0 Å². The van der Waals surface area contributed by atoms with E-state index in [1.165, 1.54) is 64.2 Å². The lowest BCUT2D eigenvalue weighted by Gasteiger charge is -2.52. The highest BCUT2D eigenvalue weighted by Gasteiger charge is 2.46. The summed E-state index contributed by atoms with van der Waals surface area (Å²) in [4.78, 5) is 0. The third-order valence-corrected chi connectivity index (χ3v) is 10.3. The molecule has 0 amide bonds. The molecular weight excluding hydrogens is 312 g/mol. The highest BCUT2D eigenvalue weighted by atomic mass is 14.5. The maximum atomic E-state index is 2.66. The van der Waals surface area contributed by atoms with E-state index < -0.39 is 0 Å². The first kappa shape index (κ1) is 20.7. The lowest BCUT2D eigenvalue weighted by Crippen LogP contribution is -2.43. The minimum Gasteiger partial charge on any atom is -0.0625 e. The molecule has 26 heavy (non-hydrogen) atoms. The molecule has 0 radical (unpaired) electrons. The first-order valence-electron chi connectivity index (χ1n) is 12.1. The van der Waals surface area contributed by atoms with Crippen LogP contribution in [0.25, 0.3) is 0 Å². The fraction of sp³-hybridized carbons (Fsp3) is 1.00. The molecule has 3 aliphatic carbocycles. The molecule has 0 aromatic carbocycles. The minimum atomic E-state index is 0.547. The van der Waals surface area contributed by atoms with Crippen molar-refractivity contribution in [1.82, 2.24) is 0 Å². The standard InChI is InChI=1S/C26H48/c1-18-8-10-23(11-9-18)26(7)14-12-22(13-15-26)25(5,6)24-16-19(2)21(4)20(3)17-24/h18-24H,8-17H2,1-7H3. The Labute approximate surface area is 165 Å². The van der Waals surface area contributed by atoms with Crippen LogP contribution in [0.3, 0.4) is 0 Å². The van der Waals surface area contributed by atoms with Crippen LogP contribution in [0, 0.1) is 52.3 Å². The molecule has 2 atom stereocenters. The monoisotopic (exact) mass is 360 g/mol. The molecule has 0 heterocycles. The van der Waals surface area contributed by atoms with Gasteiger partial charge in [-0.25, -0.2) is 0 Å². The molecule has 0 nitrogen and oxygen atoms in total. The Morgan fingerprint density at radius 3 is 1.69 bits per heavy atom. The Morgan fingerprint density at radius 1 is 0.692 bits per heavy atom. The predicted molar refractivity (Wildman–Crippen MR) is 115 cm³/mol. The summed E-state index contributed by atoms with van der Waals surface area (Å²) in [5, 5.41) is 0. The molecule has 0 heteroatoms. The molecule has 0 bridgehead atoms. The zero-order valence-corrected chi connectivity index (χ0v) is 19.1. The van der Waals surface area contributed by atoms with Crippen LogP contribution in [0.5, 0.6) is 0 Å². The molecule has 0 aromatic rings. The third-order valence-electron chi connectivity index (χ3n) is 10.3. The van der Waals surface area contributed by atoms with E-state index in [1.54, 1.807) is 0 Å². The van der Waals surface area contributed by atoms with Gasteiger partial charge in [-0.2, -0.15) is 0 Å². The molecule has 152 valence electrons. The van der Waals surface area contributed by atoms with Crippen LogP contribution in [0.4, 0.5) is 0 Å². The van der Waals surface area contributed by atoms with Gasteiger partial charge < -0.3 is 0 Å². The van der Waals surface area contributed by atoms with Crippen LogP contribution in [-0.2, 0) is 0 Å². The van der Waals surface area contributed by atoms with E-state index in [1.807, 2.05) is 0 Å². The smallest absolute Gasteiger partial charge is 0.0297 e. The lowest BCUT2D eigenvalue weighted by molar-refractivity contribution is -0.0233. The Bertz CT molecular complexity index is 433. The van der Waals surface area contributed by atoms with E-state index >= 15 is 0 Å². The minimum absolute atomic E-state index is 0.547. The molecule has 3 fully saturated rings. The van der Waals surface area contributed by atoms with E-state index in [0.29, 0.717) is 10.8 Å². The summed E-state index contributed by atoms with van der Waals surface area (Å²) in [6, 6.07) is 0. The van der Waals surface area contributed by atoms with Crippen molar-refractivity contribution < 1.29 is 0 Å². The van der Waals surface area contributed by atoms with Crippen molar-refractivity contribution >= 4 is 0 Å². The van der Waals surface area contributed by atoms with Gasteiger partial charge in [-0.05, 0) is 104 Å². The van der Waals surface area contributed by atoms with Crippen LogP contribution in [0.2, 0.25) is 0 Å². The van der Waals surface area contributed by atoms with Crippen molar-refractivity contribution in [3.05, 3.63) is 0 Å². The average molecular weight is 361 g/mol. The second kappa shape index (κ2) is 7.79. The lowest BCUT2D eigenvalue weighted by atomic mass is 9.53. The van der Waals surface area contributed by atoms with E-state index in [-0.39, 0.29) is 0 Å². The van der Waals surface area contributed by atoms with E-state index in [0.717, 1.165) is 41.4 Å². The fourth-order valence-corrected chi connectivity index (χ4v) is 7.31. The van der Waals surface area contributed by atoms with E-state index in [2.05, 4.69) is 48.5 Å². The van der Waals surface area contributed by atoms with Gasteiger partial charge in [0.2, 0.25) is 0 Å². The maximum absolute atomic E-state index is 2.66. The van der Waals surface area contributed by atoms with Crippen LogP contribution >= 0.6 is 0 Å². The summed E-state index contributed by atoms with van der Waals surface area (Å²) in [5.41, 5.74) is 1.21. The van der Waals surface area contributed by atoms with Crippen molar-refractivity contribution in [2.75, 3.05) is 0 Å². The van der Waals surface area contributed by atoms with Crippen LogP contribution < -0.4 is 0 Å². The predicted octanol–water partition coefficient (Wildman–Crippen LogP) is 8.35. The van der Waals surface area contributed by atoms with Gasteiger partial charge in [-0.3, -0.25) is 0 Å². The number of rotatable bonds is 3. The Kier molecular flexibility index (Phi) is 6.21. The average Bonchev–Trinajstić information content (AvgIpc) is 2.60. The van der Waals surface area contributed by atoms with Crippen LogP contribution in [-0.4, -0.2) is 0 Å². The van der Waals surface area contributed by atoms with Crippen molar-refractivity contribution in [3.8, 4) is 0 Å². The summed E-state index contributed by atoms with van der Waals surface area (Å²) in [7, 11) is 0. The molecule has 0 aromatic heterocycles. The van der Waals surface area contributed by atoms with E-state index in [4.69, 9.17) is 0 Å². The van der Waals surface area contributed by atoms with Gasteiger partial charge in [-0.15, -0.1) is 0 Å². The van der Waals surface area contributed by atoms with Gasteiger partial charge >= 0.3 is 0 Å². The molecule has 3 rings (SSSR count). The quantitative estimate of drug-likeness (QED) is 0.474. The van der Waals surface area contributed by atoms with Gasteiger partial charge in [0, 0.05) is 0 Å². The maximum Gasteiger partial charge on any atom is -0.0297 e. The van der Waals surface area contributed by atoms with Crippen molar-refractivity contribution in [2.45, 2.75) is 113 Å². The first-order valence-corrected chi connectivity index (χ1v) is 12.1. The van der Waals surface area contributed by atoms with Crippen molar-refractivity contribution in [1.29, 1.82) is 0 Å². The van der Waals surface area contributed by atoms with Gasteiger partial charge in [0.15, 0.2) is 0 Å². The summed E-state index contributed by atoms with van der Waals surface area (Å²) in [6.07, 6.45) is 15.0. The van der Waals surface area contributed by atoms with E-state index in [9.17, 15) is 0 Å². The molecule has 2 unspecified atom stereocenters. The van der Waals surface area contributed by atoms with Crippen LogP contribution in [0.15, 0.2) is 0 Å². The molecule has 0 N–H and O–H groups in total. The second-order valence-corrected chi connectivity index (χ2v) is 12.2. The molecule has 3 aliphatic rings. The van der Waals surface area contributed by atoms with Gasteiger partial charge in [-0.1, -0.05) is 61.3 Å². The molecule has 0 aliphatic heterocycles. The van der Waals surface area contributed by atoms with Crippen molar-refractivity contribution in [3.63, 3.8) is 0 Å². The van der Waals surface area contributed by atoms with Crippen molar-refractivity contribution in [2.24, 2.45) is 52.3 Å². The largest absolute Gasteiger partial charge is 0.0625 e. The summed E-state index contributed by atoms with van der Waals surface area (Å²) < 4.78 is 0. The summed E-state index contributed by atoms with van der Waals surface area (Å²) in [5.74, 6) is 6.69. The fourth-order valence-electron chi connectivity index (χ4n) is 7.31. The highest BCUT2D eigenvalue weighted by Crippen LogP contribution is 2.56. The molecule has 0 saturated heterocycles. The zero-order chi connectivity index (χ0) is 19.1. The summed E-state index contributed by atoms with van der Waals surface area (Å²) >= 11 is 0. The summed E-state index contributed by atoms with van der Waals surface area (Å²) in [6.45, 7) is 17.9. The molecule has 0 spiro atoms. The second-order valence-electron chi connectivity index (χ2n) is 12.2. The van der Waals surface area contributed by atoms with Gasteiger partial charge in [0.1, 0.15) is 0 Å². The topological polar surface area (TPSA) is 0 Å². The zero-order valence-electron chi connectivity index (χ0n) is 19.1. The first-order chi connectivity index (χ1) is 12.1. The molecular formula is C26H48. The molecule has 3 saturated carbocycles. The Hall–Kier alpha value is 0.